The summed E-state index contributed by atoms with van der Waals surface area (Å²) in [5, 5.41) is 2.73. The molecule has 4 rings (SSSR count). The Morgan fingerprint density at radius 3 is 2.54 bits per heavy atom. The summed E-state index contributed by atoms with van der Waals surface area (Å²) >= 11 is 5.92. The van der Waals surface area contributed by atoms with Crippen molar-refractivity contribution in [2.24, 2.45) is 0 Å². The van der Waals surface area contributed by atoms with Crippen LogP contribution in [-0.2, 0) is 9.53 Å². The number of methoxy groups -OCH3 is 1. The molecule has 1 aliphatic heterocycles. The summed E-state index contributed by atoms with van der Waals surface area (Å²) in [5.74, 6) is 0.833. The highest BCUT2D eigenvalue weighted by atomic mass is 35.5. The molecule has 0 fully saturated rings. The molecule has 0 saturated heterocycles. The second-order valence-corrected chi connectivity index (χ2v) is 6.34. The zero-order valence-electron chi connectivity index (χ0n) is 14.0. The summed E-state index contributed by atoms with van der Waals surface area (Å²) in [6, 6.07) is 19.1. The fourth-order valence-electron chi connectivity index (χ4n) is 3.00. The third-order valence-electron chi connectivity index (χ3n) is 4.30. The van der Waals surface area contributed by atoms with Crippen molar-refractivity contribution >= 4 is 40.2 Å². The van der Waals surface area contributed by atoms with Gasteiger partial charge in [0.05, 0.1) is 12.7 Å². The van der Waals surface area contributed by atoms with Crippen LogP contribution < -0.4 is 4.74 Å². The smallest absolute Gasteiger partial charge is 0.343 e. The van der Waals surface area contributed by atoms with Crippen LogP contribution >= 0.6 is 11.6 Å². The van der Waals surface area contributed by atoms with Crippen molar-refractivity contribution in [1.82, 2.24) is 0 Å². The maximum absolute atomic E-state index is 12.4. The Kier molecular flexibility index (Phi) is 4.23. The fourth-order valence-corrected chi connectivity index (χ4v) is 3.13. The first kappa shape index (κ1) is 16.4. The highest BCUT2D eigenvalue weighted by Crippen LogP contribution is 2.33. The summed E-state index contributed by atoms with van der Waals surface area (Å²) in [7, 11) is 1.62. The normalized spacial score (nSPS) is 15.2. The molecular weight excluding hydrogens is 348 g/mol. The van der Waals surface area contributed by atoms with E-state index in [1.165, 1.54) is 0 Å². The van der Waals surface area contributed by atoms with Crippen LogP contribution in [0.25, 0.3) is 22.6 Å². The van der Waals surface area contributed by atoms with E-state index in [1.807, 2.05) is 54.6 Å². The van der Waals surface area contributed by atoms with Crippen molar-refractivity contribution in [3.63, 3.8) is 0 Å². The van der Waals surface area contributed by atoms with E-state index in [0.29, 0.717) is 22.1 Å². The average Bonchev–Trinajstić information content (AvgIpc) is 3.03. The molecule has 0 saturated carbocycles. The van der Waals surface area contributed by atoms with Gasteiger partial charge in [0.1, 0.15) is 11.5 Å². The largest absolute Gasteiger partial charge is 0.496 e. The van der Waals surface area contributed by atoms with E-state index in [2.05, 4.69) is 0 Å². The molecule has 0 bridgehead atoms. The van der Waals surface area contributed by atoms with Gasteiger partial charge < -0.3 is 9.47 Å². The zero-order chi connectivity index (χ0) is 18.1. The summed E-state index contributed by atoms with van der Waals surface area (Å²) < 4.78 is 10.9. The Labute approximate surface area is 156 Å². The van der Waals surface area contributed by atoms with Gasteiger partial charge in [-0.2, -0.15) is 0 Å². The fraction of sp³-hybridized carbons (Fsp3) is 0.0455. The third kappa shape index (κ3) is 2.98. The molecule has 0 spiro atoms. The molecule has 0 amide bonds. The van der Waals surface area contributed by atoms with E-state index in [0.717, 1.165) is 21.9 Å². The van der Waals surface area contributed by atoms with E-state index in [4.69, 9.17) is 21.1 Å². The van der Waals surface area contributed by atoms with Gasteiger partial charge in [-0.3, -0.25) is 0 Å². The summed E-state index contributed by atoms with van der Waals surface area (Å²) in [6.45, 7) is 0. The van der Waals surface area contributed by atoms with Crippen LogP contribution in [0.5, 0.6) is 5.75 Å². The van der Waals surface area contributed by atoms with E-state index in [9.17, 15) is 4.79 Å². The maximum atomic E-state index is 12.4. The molecule has 0 atom stereocenters. The molecule has 128 valence electrons. The Morgan fingerprint density at radius 1 is 1.00 bits per heavy atom. The first-order chi connectivity index (χ1) is 12.7. The van der Waals surface area contributed by atoms with Crippen LogP contribution in [-0.4, -0.2) is 13.1 Å². The zero-order valence-corrected chi connectivity index (χ0v) is 14.8. The number of ether oxygens (including phenoxy) is 2. The molecule has 0 radical (unpaired) electrons. The van der Waals surface area contributed by atoms with E-state index >= 15 is 0 Å². The Bertz CT molecular complexity index is 1060. The Balaban J connectivity index is 1.82. The Morgan fingerprint density at radius 2 is 1.77 bits per heavy atom. The predicted molar refractivity (Wildman–Crippen MR) is 104 cm³/mol. The highest BCUT2D eigenvalue weighted by molar-refractivity contribution is 6.30. The monoisotopic (exact) mass is 362 g/mol. The minimum absolute atomic E-state index is 0.384. The number of esters is 1. The van der Waals surface area contributed by atoms with Crippen LogP contribution in [0, 0.1) is 0 Å². The predicted octanol–water partition coefficient (Wildman–Crippen LogP) is 5.48. The van der Waals surface area contributed by atoms with Crippen LogP contribution in [0.1, 0.15) is 11.1 Å². The van der Waals surface area contributed by atoms with Gasteiger partial charge in [0.2, 0.25) is 0 Å². The molecule has 1 aliphatic rings. The first-order valence-electron chi connectivity index (χ1n) is 8.13. The number of cyclic esters (lactones) is 1. The second-order valence-electron chi connectivity index (χ2n) is 5.91. The lowest BCUT2D eigenvalue weighted by Crippen LogP contribution is -1.98. The summed E-state index contributed by atoms with van der Waals surface area (Å²) in [4.78, 5) is 12.4. The van der Waals surface area contributed by atoms with Crippen molar-refractivity contribution in [1.29, 1.82) is 0 Å². The van der Waals surface area contributed by atoms with Crippen molar-refractivity contribution in [2.45, 2.75) is 0 Å². The molecule has 26 heavy (non-hydrogen) atoms. The van der Waals surface area contributed by atoms with Crippen molar-refractivity contribution in [3.05, 3.63) is 88.5 Å². The number of rotatable bonds is 3. The number of hydrogen-bond donors (Lipinski definition) is 0. The molecular formula is C22H15ClO3. The summed E-state index contributed by atoms with van der Waals surface area (Å²) in [6.07, 6.45) is 3.55. The molecule has 4 heteroatoms. The molecule has 0 unspecified atom stereocenters. The van der Waals surface area contributed by atoms with Gasteiger partial charge in [0.15, 0.2) is 0 Å². The first-order valence-corrected chi connectivity index (χ1v) is 8.51. The molecule has 0 aromatic heterocycles. The van der Waals surface area contributed by atoms with Crippen molar-refractivity contribution in [3.8, 4) is 5.75 Å². The van der Waals surface area contributed by atoms with Gasteiger partial charge in [-0.05, 0) is 53.3 Å². The molecule has 3 aromatic rings. The highest BCUT2D eigenvalue weighted by Gasteiger charge is 2.23. The molecule has 3 aromatic carbocycles. The van der Waals surface area contributed by atoms with Gasteiger partial charge in [-0.15, -0.1) is 0 Å². The van der Waals surface area contributed by atoms with Gasteiger partial charge in [0.25, 0.3) is 0 Å². The SMILES string of the molecule is COc1ccc2ccccc2c1/C=C1/C=C(c2ccc(Cl)cc2)OC1=O. The van der Waals surface area contributed by atoms with Crippen LogP contribution in [0.3, 0.4) is 0 Å². The lowest BCUT2D eigenvalue weighted by atomic mass is 10.0. The number of halogens is 1. The number of benzene rings is 3. The third-order valence-corrected chi connectivity index (χ3v) is 4.56. The standard InChI is InChI=1S/C22H15ClO3/c1-25-20-11-8-14-4-2-3-5-18(14)19(20)12-16-13-21(26-22(16)24)15-6-9-17(23)10-7-15/h2-13H,1H3/b16-12-. The van der Waals surface area contributed by atoms with E-state index in [-0.39, 0.29) is 5.97 Å². The van der Waals surface area contributed by atoms with Gasteiger partial charge in [0, 0.05) is 16.1 Å². The lowest BCUT2D eigenvalue weighted by Gasteiger charge is -2.09. The van der Waals surface area contributed by atoms with Crippen molar-refractivity contribution in [2.75, 3.05) is 7.11 Å². The molecule has 0 aliphatic carbocycles. The number of carbonyl (C=O) groups is 1. The van der Waals surface area contributed by atoms with Gasteiger partial charge >= 0.3 is 5.97 Å². The van der Waals surface area contributed by atoms with E-state index < -0.39 is 0 Å². The second kappa shape index (κ2) is 6.70. The van der Waals surface area contributed by atoms with Gasteiger partial charge in [-0.25, -0.2) is 4.79 Å². The lowest BCUT2D eigenvalue weighted by molar-refractivity contribution is -0.130. The average molecular weight is 363 g/mol. The van der Waals surface area contributed by atoms with Crippen LogP contribution in [0.15, 0.2) is 72.3 Å². The topological polar surface area (TPSA) is 35.5 Å². The molecule has 0 N–H and O–H groups in total. The quantitative estimate of drug-likeness (QED) is 0.457. The summed E-state index contributed by atoms with van der Waals surface area (Å²) in [5.41, 5.74) is 2.13. The minimum atomic E-state index is -0.384. The maximum Gasteiger partial charge on any atom is 0.343 e. The number of carbonyl (C=O) groups excluding carboxylic acids is 1. The van der Waals surface area contributed by atoms with Crippen LogP contribution in [0.4, 0.5) is 0 Å². The Hall–Kier alpha value is -3.04. The molecule has 3 nitrogen and oxygen atoms in total. The minimum Gasteiger partial charge on any atom is -0.496 e. The van der Waals surface area contributed by atoms with Crippen LogP contribution in [0.2, 0.25) is 5.02 Å². The number of hydrogen-bond acceptors (Lipinski definition) is 3. The van der Waals surface area contributed by atoms with Gasteiger partial charge in [-0.1, -0.05) is 41.9 Å². The van der Waals surface area contributed by atoms with Crippen molar-refractivity contribution < 1.29 is 14.3 Å². The number of fused-ring (bicyclic) bond motifs is 1. The van der Waals surface area contributed by atoms with E-state index in [1.54, 1.807) is 25.3 Å². The molecule has 1 heterocycles.